The molecule has 0 saturated carbocycles. The fraction of sp³-hybridized carbons (Fsp3) is 0.400. The van der Waals surface area contributed by atoms with Crippen molar-refractivity contribution in [2.45, 2.75) is 72.0 Å². The number of amides is 3. The van der Waals surface area contributed by atoms with E-state index in [0.29, 0.717) is 115 Å². The first-order valence-corrected chi connectivity index (χ1v) is 26.4. The fourth-order valence-corrected chi connectivity index (χ4v) is 11.7. The van der Waals surface area contributed by atoms with Crippen molar-refractivity contribution in [1.29, 1.82) is 5.26 Å². The second-order valence-corrected chi connectivity index (χ2v) is 21.0. The average molecular weight is 1020 g/mol. The summed E-state index contributed by atoms with van der Waals surface area (Å²) in [5.74, 6) is -0.230. The zero-order chi connectivity index (χ0) is 52.5. The van der Waals surface area contributed by atoms with Crippen molar-refractivity contribution in [2.75, 3.05) is 71.0 Å². The van der Waals surface area contributed by atoms with Crippen molar-refractivity contribution in [2.24, 2.45) is 20.0 Å². The lowest BCUT2D eigenvalue weighted by molar-refractivity contribution is -0.131. The number of aromatic nitrogens is 2. The molecule has 6 aromatic rings. The van der Waals surface area contributed by atoms with Crippen LogP contribution in [-0.2, 0) is 56.0 Å². The van der Waals surface area contributed by atoms with Gasteiger partial charge in [0.05, 0.1) is 30.9 Å². The number of morpholine rings is 1. The number of hydrogen-bond acceptors (Lipinski definition) is 9. The zero-order valence-electron chi connectivity index (χ0n) is 43.8. The summed E-state index contributed by atoms with van der Waals surface area (Å²) >= 11 is 0. The second-order valence-electron chi connectivity index (χ2n) is 21.0. The molecule has 3 amide bonds. The Morgan fingerprint density at radius 3 is 2.36 bits per heavy atom. The third kappa shape index (κ3) is 10.7. The van der Waals surface area contributed by atoms with Gasteiger partial charge in [0.1, 0.15) is 35.7 Å². The number of rotatable bonds is 13. The molecule has 2 fully saturated rings. The SMILES string of the molecule is Cc1c(-c2c(C(=O)Nc3ccc(O)cc3)c(C)n(C)c2-c2cc3c(cc2C(=O)N2Cc4ccccc4C[C@H]2CN2CCC[C@@H](C)C2)CN(C(=O)Cc2ccc(OCCN4CCOCC4)cc2F)CC3)cc(C#N)n1C. The number of aromatic hydroxyl groups is 1. The number of nitrogens with zero attached hydrogens (tertiary/aromatic N) is 7. The molecule has 0 aliphatic carbocycles. The summed E-state index contributed by atoms with van der Waals surface area (Å²) in [4.78, 5) is 53.7. The van der Waals surface area contributed by atoms with E-state index in [2.05, 4.69) is 52.4 Å². The monoisotopic (exact) mass is 1010 g/mol. The molecule has 10 rings (SSSR count). The summed E-state index contributed by atoms with van der Waals surface area (Å²) in [5.41, 5.74) is 10.1. The lowest BCUT2D eigenvalue weighted by Crippen LogP contribution is -2.51. The Bertz CT molecular complexity index is 3180. The standard InChI is InChI=1S/C60H67FN8O6/c1-38-9-8-19-67(34-38)37-48-27-41-10-6-7-11-44(41)36-69(48)60(73)53-29-45-35-68(55(71)30-43-12-17-50(32-54(43)61)75-26-23-66-21-24-74-25-22-66)20-18-42(45)28-52(53)58-57(51-31-47(33-62)64(4)39(51)2)56(40(3)65(58)5)59(72)63-46-13-15-49(70)16-14-46/h6-7,10-17,28-29,31-32,38,48,70H,8-9,18-27,30,34-37H2,1-5H3,(H,63,72)/t38-,48+/m1/s1. The number of anilines is 1. The number of carbonyl (C=O) groups is 3. The lowest BCUT2D eigenvalue weighted by atomic mass is 9.87. The Balaban J connectivity index is 1.05. The Morgan fingerprint density at radius 1 is 0.853 bits per heavy atom. The van der Waals surface area contributed by atoms with Crippen LogP contribution >= 0.6 is 0 Å². The Labute approximate surface area is 438 Å². The Morgan fingerprint density at radius 2 is 1.63 bits per heavy atom. The predicted molar refractivity (Wildman–Crippen MR) is 286 cm³/mol. The quantitative estimate of drug-likeness (QED) is 0.109. The van der Waals surface area contributed by atoms with Crippen LogP contribution in [0.15, 0.2) is 84.9 Å². The van der Waals surface area contributed by atoms with E-state index in [4.69, 9.17) is 9.47 Å². The van der Waals surface area contributed by atoms with Gasteiger partial charge in [0, 0.05) is 118 Å². The molecule has 0 radical (unpaired) electrons. The Kier molecular flexibility index (Phi) is 15.0. The number of piperidine rings is 1. The van der Waals surface area contributed by atoms with Gasteiger partial charge in [-0.25, -0.2) is 4.39 Å². The molecule has 6 heterocycles. The van der Waals surface area contributed by atoms with Gasteiger partial charge >= 0.3 is 0 Å². The number of halogens is 1. The van der Waals surface area contributed by atoms with Crippen LogP contribution in [-0.4, -0.2) is 123 Å². The minimum Gasteiger partial charge on any atom is -0.508 e. The molecule has 390 valence electrons. The topological polar surface area (TPSA) is 149 Å². The molecule has 0 spiro atoms. The number of phenols is 1. The number of nitrogens with one attached hydrogen (secondary N) is 1. The molecule has 2 aromatic heterocycles. The van der Waals surface area contributed by atoms with Gasteiger partial charge in [0.2, 0.25) is 5.91 Å². The van der Waals surface area contributed by atoms with E-state index in [-0.39, 0.29) is 48.0 Å². The highest BCUT2D eigenvalue weighted by atomic mass is 19.1. The van der Waals surface area contributed by atoms with Crippen LogP contribution in [0.3, 0.4) is 0 Å². The van der Waals surface area contributed by atoms with Crippen molar-refractivity contribution < 1.29 is 33.4 Å². The van der Waals surface area contributed by atoms with Crippen LogP contribution < -0.4 is 10.1 Å². The maximum Gasteiger partial charge on any atom is 0.258 e. The molecule has 75 heavy (non-hydrogen) atoms. The van der Waals surface area contributed by atoms with Crippen LogP contribution in [0.1, 0.15) is 85.4 Å². The van der Waals surface area contributed by atoms with Crippen LogP contribution in [0.25, 0.3) is 22.4 Å². The number of carbonyl (C=O) groups excluding carboxylic acids is 3. The number of hydrogen-bond donors (Lipinski definition) is 2. The molecule has 2 saturated heterocycles. The first-order chi connectivity index (χ1) is 36.2. The molecular formula is C60H67FN8O6. The van der Waals surface area contributed by atoms with Gasteiger partial charge in [-0.3, -0.25) is 19.3 Å². The maximum absolute atomic E-state index is 16.1. The normalized spacial score (nSPS) is 18.0. The highest BCUT2D eigenvalue weighted by Gasteiger charge is 2.37. The lowest BCUT2D eigenvalue weighted by Gasteiger charge is -2.42. The molecule has 15 heteroatoms. The first-order valence-electron chi connectivity index (χ1n) is 26.4. The van der Waals surface area contributed by atoms with Crippen LogP contribution in [0.2, 0.25) is 0 Å². The number of nitriles is 1. The maximum atomic E-state index is 16.1. The van der Waals surface area contributed by atoms with Crippen LogP contribution in [0.5, 0.6) is 11.5 Å². The fourth-order valence-electron chi connectivity index (χ4n) is 11.7. The van der Waals surface area contributed by atoms with Gasteiger partial charge in [-0.2, -0.15) is 5.26 Å². The smallest absolute Gasteiger partial charge is 0.258 e. The van der Waals surface area contributed by atoms with Gasteiger partial charge in [-0.05, 0) is 128 Å². The van der Waals surface area contributed by atoms with Gasteiger partial charge in [0.25, 0.3) is 11.8 Å². The van der Waals surface area contributed by atoms with Gasteiger partial charge in [0.15, 0.2) is 0 Å². The molecule has 4 aliphatic heterocycles. The Hall–Kier alpha value is -7.25. The van der Waals surface area contributed by atoms with Crippen molar-refractivity contribution in [3.05, 3.63) is 147 Å². The van der Waals surface area contributed by atoms with Gasteiger partial charge in [-0.1, -0.05) is 37.3 Å². The van der Waals surface area contributed by atoms with Crippen molar-refractivity contribution in [1.82, 2.24) is 28.7 Å². The summed E-state index contributed by atoms with van der Waals surface area (Å²) < 4.78 is 30.8. The van der Waals surface area contributed by atoms with E-state index in [9.17, 15) is 20.0 Å². The molecule has 2 N–H and O–H groups in total. The van der Waals surface area contributed by atoms with E-state index < -0.39 is 5.82 Å². The van der Waals surface area contributed by atoms with Crippen LogP contribution in [0.4, 0.5) is 10.1 Å². The third-order valence-corrected chi connectivity index (χ3v) is 16.1. The molecule has 0 unspecified atom stereocenters. The summed E-state index contributed by atoms with van der Waals surface area (Å²) in [5, 5.41) is 23.4. The van der Waals surface area contributed by atoms with Gasteiger partial charge in [-0.15, -0.1) is 0 Å². The van der Waals surface area contributed by atoms with E-state index in [1.165, 1.54) is 30.2 Å². The third-order valence-electron chi connectivity index (χ3n) is 16.1. The molecule has 2 atom stereocenters. The minimum absolute atomic E-state index is 0.0678. The highest BCUT2D eigenvalue weighted by Crippen LogP contribution is 2.44. The number of ether oxygens (including phenoxy) is 2. The second kappa shape index (κ2) is 21.9. The molecule has 0 bridgehead atoms. The summed E-state index contributed by atoms with van der Waals surface area (Å²) in [6.07, 6.45) is 3.33. The highest BCUT2D eigenvalue weighted by molar-refractivity contribution is 6.14. The van der Waals surface area contributed by atoms with Gasteiger partial charge < -0.3 is 43.7 Å². The summed E-state index contributed by atoms with van der Waals surface area (Å²) in [7, 11) is 3.73. The number of benzene rings is 4. The summed E-state index contributed by atoms with van der Waals surface area (Å²) in [6, 6.07) is 27.4. The summed E-state index contributed by atoms with van der Waals surface area (Å²) in [6.45, 7) is 14.0. The van der Waals surface area contributed by atoms with Crippen molar-refractivity contribution in [3.63, 3.8) is 0 Å². The molecular weight excluding hydrogens is 948 g/mol. The number of fused-ring (bicyclic) bond motifs is 2. The molecule has 14 nitrogen and oxygen atoms in total. The van der Waals surface area contributed by atoms with Crippen molar-refractivity contribution >= 4 is 23.4 Å². The minimum atomic E-state index is -0.501. The largest absolute Gasteiger partial charge is 0.508 e. The first kappa shape index (κ1) is 51.2. The predicted octanol–water partition coefficient (Wildman–Crippen LogP) is 8.42. The molecule has 4 aliphatic rings. The van der Waals surface area contributed by atoms with E-state index >= 15 is 9.18 Å². The van der Waals surface area contributed by atoms with Crippen LogP contribution in [0, 0.1) is 36.9 Å². The van der Waals surface area contributed by atoms with E-state index in [1.54, 1.807) is 29.2 Å². The van der Waals surface area contributed by atoms with Crippen molar-refractivity contribution in [3.8, 4) is 40.0 Å². The number of phenolic OH excluding ortho intramolecular Hbond substituents is 1. The van der Waals surface area contributed by atoms with E-state index in [0.717, 1.165) is 61.5 Å². The molecule has 4 aromatic carbocycles. The number of likely N-dealkylation sites (tertiary alicyclic amines) is 1. The van der Waals surface area contributed by atoms with E-state index in [1.807, 2.05) is 60.2 Å². The average Bonchev–Trinajstić information content (AvgIpc) is 3.86. The zero-order valence-corrected chi connectivity index (χ0v) is 43.8.